The summed E-state index contributed by atoms with van der Waals surface area (Å²) in [7, 11) is 0. The summed E-state index contributed by atoms with van der Waals surface area (Å²) in [5.74, 6) is -0.572. The van der Waals surface area contributed by atoms with Gasteiger partial charge >= 0.3 is 6.36 Å². The largest absolute Gasteiger partial charge is 0.522 e. The van der Waals surface area contributed by atoms with Crippen molar-refractivity contribution in [3.8, 4) is 5.75 Å². The lowest BCUT2D eigenvalue weighted by molar-refractivity contribution is -0.351. The first-order chi connectivity index (χ1) is 14.6. The molecule has 0 radical (unpaired) electrons. The number of rotatable bonds is 8. The minimum absolute atomic E-state index is 0.0813. The molecule has 170 valence electrons. The Hall–Kier alpha value is -2.33. The highest BCUT2D eigenvalue weighted by atomic mass is 35.5. The fourth-order valence-corrected chi connectivity index (χ4v) is 3.62. The van der Waals surface area contributed by atoms with Gasteiger partial charge in [0.05, 0.1) is 18.1 Å². The number of hydrogen-bond donors (Lipinski definition) is 2. The molecule has 0 bridgehead atoms. The molecule has 3 rings (SSSR count). The Balaban J connectivity index is 1.28. The monoisotopic (exact) mass is 462 g/mol. The molecule has 2 aliphatic rings. The van der Waals surface area contributed by atoms with Crippen LogP contribution in [0.4, 0.5) is 13.2 Å². The van der Waals surface area contributed by atoms with Gasteiger partial charge in [0.2, 0.25) is 5.91 Å². The Bertz CT molecular complexity index is 843. The zero-order valence-corrected chi connectivity index (χ0v) is 17.2. The van der Waals surface area contributed by atoms with E-state index in [1.165, 1.54) is 6.07 Å². The Morgan fingerprint density at radius 2 is 1.97 bits per heavy atom. The lowest BCUT2D eigenvalue weighted by atomic mass is 9.89. The van der Waals surface area contributed by atoms with E-state index in [2.05, 4.69) is 15.4 Å². The van der Waals surface area contributed by atoms with E-state index >= 15 is 0 Å². The van der Waals surface area contributed by atoms with E-state index in [9.17, 15) is 27.6 Å². The van der Waals surface area contributed by atoms with Crippen molar-refractivity contribution in [3.05, 3.63) is 28.8 Å². The number of ether oxygens (including phenoxy) is 2. The number of unbranched alkanes of at least 4 members (excludes halogenated alkanes) is 1. The molecule has 1 aliphatic heterocycles. The Kier molecular flexibility index (Phi) is 7.42. The maximum absolute atomic E-state index is 12.3. The lowest BCUT2D eigenvalue weighted by Crippen LogP contribution is -2.49. The van der Waals surface area contributed by atoms with Gasteiger partial charge in [-0.15, -0.1) is 13.2 Å². The number of ketones is 1. The van der Waals surface area contributed by atoms with Crippen LogP contribution in [0.2, 0.25) is 5.02 Å². The predicted molar refractivity (Wildman–Crippen MR) is 104 cm³/mol. The summed E-state index contributed by atoms with van der Waals surface area (Å²) in [6.45, 7) is 0.304. The number of carbonyl (C=O) groups excluding carboxylic acids is 3. The average Bonchev–Trinajstić information content (AvgIpc) is 2.65. The van der Waals surface area contributed by atoms with E-state index < -0.39 is 24.5 Å². The van der Waals surface area contributed by atoms with Crippen LogP contribution in [-0.4, -0.2) is 48.8 Å². The number of fused-ring (bicyclic) bond motifs is 1. The number of amides is 2. The molecule has 2 amide bonds. The van der Waals surface area contributed by atoms with Crippen LogP contribution in [0.25, 0.3) is 0 Å². The molecule has 0 aromatic heterocycles. The van der Waals surface area contributed by atoms with E-state index in [4.69, 9.17) is 16.3 Å². The van der Waals surface area contributed by atoms with Crippen molar-refractivity contribution in [2.45, 2.75) is 63.1 Å². The Labute approximate surface area is 181 Å². The first-order valence-electron chi connectivity index (χ1n) is 9.92. The zero-order chi connectivity index (χ0) is 22.6. The molecule has 2 N–H and O–H groups in total. The SMILES string of the molecule is O=C(CCCCNC(=O)[C@H]1CC(=O)c2cc(Cl)ccc2O1)NC1CC(OC(F)(F)F)C1. The maximum Gasteiger partial charge on any atom is 0.522 e. The molecule has 1 heterocycles. The molecule has 11 heteroatoms. The van der Waals surface area contributed by atoms with Crippen LogP contribution in [0, 0.1) is 0 Å². The molecule has 1 aliphatic carbocycles. The van der Waals surface area contributed by atoms with Gasteiger partial charge in [0.25, 0.3) is 5.91 Å². The standard InChI is InChI=1S/C20H22ClF3N2O5/c21-11-4-5-16-14(7-11)15(27)10-17(30-16)19(29)25-6-2-1-3-18(28)26-12-8-13(9-12)31-20(22,23)24/h4-5,7,12-13,17H,1-3,6,8-10H2,(H,25,29)(H,26,28)/t12?,13?,17-/m1/s1. The number of Topliss-reactive ketones (excluding diaryl/α,β-unsaturated/α-hetero) is 1. The van der Waals surface area contributed by atoms with Crippen molar-refractivity contribution in [3.63, 3.8) is 0 Å². The van der Waals surface area contributed by atoms with Crippen molar-refractivity contribution in [1.29, 1.82) is 0 Å². The van der Waals surface area contributed by atoms with Crippen molar-refractivity contribution in [2.24, 2.45) is 0 Å². The second kappa shape index (κ2) is 9.86. The second-order valence-corrected chi connectivity index (χ2v) is 7.98. The molecule has 1 atom stereocenters. The van der Waals surface area contributed by atoms with Crippen molar-refractivity contribution in [2.75, 3.05) is 6.54 Å². The average molecular weight is 463 g/mol. The van der Waals surface area contributed by atoms with Crippen molar-refractivity contribution >= 4 is 29.2 Å². The fourth-order valence-electron chi connectivity index (χ4n) is 3.45. The third-order valence-electron chi connectivity index (χ3n) is 5.06. The van der Waals surface area contributed by atoms with Gasteiger partial charge in [-0.3, -0.25) is 19.1 Å². The van der Waals surface area contributed by atoms with Crippen LogP contribution in [0.1, 0.15) is 48.9 Å². The van der Waals surface area contributed by atoms with Gasteiger partial charge in [-0.05, 0) is 43.9 Å². The van der Waals surface area contributed by atoms with Gasteiger partial charge in [0.15, 0.2) is 11.9 Å². The molecule has 1 aromatic rings. The molecule has 0 unspecified atom stereocenters. The summed E-state index contributed by atoms with van der Waals surface area (Å²) >= 11 is 5.87. The third kappa shape index (κ3) is 6.83. The van der Waals surface area contributed by atoms with Crippen LogP contribution in [0.5, 0.6) is 5.75 Å². The minimum Gasteiger partial charge on any atom is -0.479 e. The first-order valence-corrected chi connectivity index (χ1v) is 10.3. The van der Waals surface area contributed by atoms with Gasteiger partial charge in [-0.1, -0.05) is 11.6 Å². The topological polar surface area (TPSA) is 93.7 Å². The Morgan fingerprint density at radius 3 is 2.68 bits per heavy atom. The van der Waals surface area contributed by atoms with Crippen LogP contribution in [0.3, 0.4) is 0 Å². The van der Waals surface area contributed by atoms with Crippen LogP contribution in [0.15, 0.2) is 18.2 Å². The zero-order valence-electron chi connectivity index (χ0n) is 16.5. The molecule has 31 heavy (non-hydrogen) atoms. The van der Waals surface area contributed by atoms with Gasteiger partial charge in [0.1, 0.15) is 5.75 Å². The number of hydrogen-bond acceptors (Lipinski definition) is 5. The minimum atomic E-state index is -4.66. The molecular weight excluding hydrogens is 441 g/mol. The summed E-state index contributed by atoms with van der Waals surface area (Å²) in [4.78, 5) is 36.3. The quantitative estimate of drug-likeness (QED) is 0.579. The molecule has 1 aromatic carbocycles. The van der Waals surface area contributed by atoms with Crippen molar-refractivity contribution in [1.82, 2.24) is 10.6 Å². The smallest absolute Gasteiger partial charge is 0.479 e. The highest BCUT2D eigenvalue weighted by molar-refractivity contribution is 6.31. The highest BCUT2D eigenvalue weighted by Gasteiger charge is 2.40. The highest BCUT2D eigenvalue weighted by Crippen LogP contribution is 2.31. The van der Waals surface area contributed by atoms with E-state index in [1.807, 2.05) is 0 Å². The van der Waals surface area contributed by atoms with E-state index in [0.717, 1.165) is 0 Å². The van der Waals surface area contributed by atoms with Crippen LogP contribution in [-0.2, 0) is 14.3 Å². The molecule has 7 nitrogen and oxygen atoms in total. The summed E-state index contributed by atoms with van der Waals surface area (Å²) in [5, 5.41) is 5.76. The molecule has 1 fully saturated rings. The molecular formula is C20H22ClF3N2O5. The molecule has 0 spiro atoms. The first kappa shape index (κ1) is 23.3. The summed E-state index contributed by atoms with van der Waals surface area (Å²) in [5.41, 5.74) is 0.352. The van der Waals surface area contributed by atoms with Gasteiger partial charge in [-0.2, -0.15) is 0 Å². The second-order valence-electron chi connectivity index (χ2n) is 7.54. The number of benzene rings is 1. The number of alkyl halides is 3. The number of halogens is 4. The van der Waals surface area contributed by atoms with Gasteiger partial charge < -0.3 is 15.4 Å². The summed E-state index contributed by atoms with van der Waals surface area (Å²) in [6, 6.07) is 4.32. The van der Waals surface area contributed by atoms with Gasteiger partial charge in [0, 0.05) is 24.0 Å². The van der Waals surface area contributed by atoms with E-state index in [0.29, 0.717) is 35.7 Å². The fraction of sp³-hybridized carbons (Fsp3) is 0.550. The van der Waals surface area contributed by atoms with Crippen LogP contribution < -0.4 is 15.4 Å². The lowest BCUT2D eigenvalue weighted by Gasteiger charge is -2.35. The molecule has 0 saturated heterocycles. The Morgan fingerprint density at radius 1 is 1.23 bits per heavy atom. The normalized spacial score (nSPS) is 22.7. The summed E-state index contributed by atoms with van der Waals surface area (Å²) < 4.78 is 45.6. The van der Waals surface area contributed by atoms with Crippen molar-refractivity contribution < 1.29 is 37.0 Å². The van der Waals surface area contributed by atoms with Crippen LogP contribution >= 0.6 is 11.6 Å². The third-order valence-corrected chi connectivity index (χ3v) is 5.30. The summed E-state index contributed by atoms with van der Waals surface area (Å²) in [6.07, 6.45) is -5.08. The number of carbonyl (C=O) groups is 3. The predicted octanol–water partition coefficient (Wildman–Crippen LogP) is 3.14. The van der Waals surface area contributed by atoms with E-state index in [1.54, 1.807) is 12.1 Å². The number of nitrogens with one attached hydrogen (secondary N) is 2. The van der Waals surface area contributed by atoms with E-state index in [-0.39, 0.29) is 43.4 Å². The van der Waals surface area contributed by atoms with Gasteiger partial charge in [-0.25, -0.2) is 0 Å². The molecule has 1 saturated carbocycles. The maximum atomic E-state index is 12.3.